The number of hydrogen-bond donors (Lipinski definition) is 4. The second kappa shape index (κ2) is 41.4. The molecule has 4 N–H and O–H groups in total. The normalized spacial score (nSPS) is 14.9. The third kappa shape index (κ3) is 40.4. The van der Waals surface area contributed by atoms with E-state index in [4.69, 9.17) is 19.1 Å². The van der Waals surface area contributed by atoms with E-state index < -0.39 is 51.8 Å². The van der Waals surface area contributed by atoms with Gasteiger partial charge in [-0.15, -0.1) is 0 Å². The quantitative estimate of drug-likeness (QED) is 0.0200. The SMILES string of the molecule is CCCCCCCC/C=C\CCCCCCCCCC(=O)OC[C@H](COP(=O)(O)OC[C@@H](O)CO)OC(=O)CCC/C=C\C/C=C\C/C=C\C/C=C\CC(O)CCC. The number of phosphoric acid groups is 1. The van der Waals surface area contributed by atoms with Crippen LogP contribution in [-0.4, -0.2) is 76.9 Å². The van der Waals surface area contributed by atoms with Crippen LogP contribution in [0.2, 0.25) is 0 Å². The van der Waals surface area contributed by atoms with Crippen molar-refractivity contribution >= 4 is 19.8 Å². The van der Waals surface area contributed by atoms with E-state index in [1.54, 1.807) is 0 Å². The maximum Gasteiger partial charge on any atom is 0.472 e. The lowest BCUT2D eigenvalue weighted by atomic mass is 10.1. The molecule has 0 aromatic carbocycles. The summed E-state index contributed by atoms with van der Waals surface area (Å²) in [6.45, 7) is 2.09. The number of allylic oxidation sites excluding steroid dienone is 9. The molecule has 2 unspecified atom stereocenters. The molecule has 0 saturated carbocycles. The van der Waals surface area contributed by atoms with Crippen molar-refractivity contribution in [2.45, 2.75) is 193 Å². The lowest BCUT2D eigenvalue weighted by Crippen LogP contribution is -2.29. The Kier molecular flexibility index (Phi) is 39.7. The third-order valence-corrected chi connectivity index (χ3v) is 10.2. The monoisotopic (exact) mass is 841 g/mol. The highest BCUT2D eigenvalue weighted by atomic mass is 31.2. The van der Waals surface area contributed by atoms with Crippen molar-refractivity contribution < 1.29 is 52.9 Å². The number of carbonyl (C=O) groups is 2. The average molecular weight is 841 g/mol. The summed E-state index contributed by atoms with van der Waals surface area (Å²) in [5.74, 6) is -1.02. The van der Waals surface area contributed by atoms with E-state index in [0.717, 1.165) is 57.8 Å². The van der Waals surface area contributed by atoms with Crippen molar-refractivity contribution in [1.29, 1.82) is 0 Å². The van der Waals surface area contributed by atoms with E-state index >= 15 is 0 Å². The third-order valence-electron chi connectivity index (χ3n) is 9.20. The lowest BCUT2D eigenvalue weighted by Gasteiger charge is -2.20. The minimum Gasteiger partial charge on any atom is -0.462 e. The van der Waals surface area contributed by atoms with Crippen molar-refractivity contribution in [2.24, 2.45) is 0 Å². The number of unbranched alkanes of at least 4 members (excludes halogenated alkanes) is 14. The first-order valence-corrected chi connectivity index (χ1v) is 23.8. The zero-order valence-corrected chi connectivity index (χ0v) is 37.0. The van der Waals surface area contributed by atoms with Crippen LogP contribution in [0.4, 0.5) is 0 Å². The van der Waals surface area contributed by atoms with E-state index in [-0.39, 0.29) is 25.6 Å². The van der Waals surface area contributed by atoms with E-state index in [2.05, 4.69) is 60.9 Å². The van der Waals surface area contributed by atoms with Crippen LogP contribution in [0.3, 0.4) is 0 Å². The summed E-state index contributed by atoms with van der Waals surface area (Å²) < 4.78 is 32.6. The Hall–Kier alpha value is -2.37. The molecule has 58 heavy (non-hydrogen) atoms. The number of aliphatic hydroxyl groups excluding tert-OH is 3. The molecular formula is C46H81O11P. The molecule has 0 aromatic rings. The zero-order chi connectivity index (χ0) is 42.8. The predicted molar refractivity (Wildman–Crippen MR) is 234 cm³/mol. The van der Waals surface area contributed by atoms with Crippen molar-refractivity contribution in [3.05, 3.63) is 60.8 Å². The van der Waals surface area contributed by atoms with E-state index in [9.17, 15) is 29.3 Å². The van der Waals surface area contributed by atoms with Crippen LogP contribution in [0.5, 0.6) is 0 Å². The van der Waals surface area contributed by atoms with Crippen molar-refractivity contribution in [2.75, 3.05) is 26.4 Å². The maximum atomic E-state index is 12.6. The molecule has 0 amide bonds. The van der Waals surface area contributed by atoms with Gasteiger partial charge in [0.25, 0.3) is 0 Å². The van der Waals surface area contributed by atoms with Crippen molar-refractivity contribution in [3.63, 3.8) is 0 Å². The molecule has 336 valence electrons. The molecular weight excluding hydrogens is 759 g/mol. The largest absolute Gasteiger partial charge is 0.472 e. The highest BCUT2D eigenvalue weighted by molar-refractivity contribution is 7.47. The van der Waals surface area contributed by atoms with Crippen LogP contribution in [-0.2, 0) is 32.7 Å². The fourth-order valence-corrected chi connectivity index (χ4v) is 6.55. The molecule has 0 aromatic heterocycles. The number of esters is 2. The standard InChI is InChI=1S/C46H81O11P/c1-3-5-6-7-8-9-10-11-12-13-14-17-20-23-26-29-32-36-45(50)54-40-44(41-56-58(52,53)55-39-43(49)38-47)57-46(51)37-33-30-27-24-21-18-15-16-19-22-25-28-31-35-42(48)34-4-2/h11-12,15,18-19,22,24,27-28,31,42-44,47-49H,3-10,13-14,16-17,20-21,23,25-26,29-30,32-41H2,1-2H3,(H,52,53)/b12-11-,18-15-,22-19-,27-24-,31-28-/t42?,43-,44+/m0/s1. The molecule has 4 atom stereocenters. The number of aliphatic hydroxyl groups is 3. The maximum absolute atomic E-state index is 12.6. The predicted octanol–water partition coefficient (Wildman–Crippen LogP) is 10.9. The Morgan fingerprint density at radius 3 is 1.62 bits per heavy atom. The number of rotatable bonds is 41. The average Bonchev–Trinajstić information content (AvgIpc) is 3.20. The minimum absolute atomic E-state index is 0.0906. The van der Waals surface area contributed by atoms with E-state index in [1.165, 1.54) is 64.2 Å². The second-order valence-electron chi connectivity index (χ2n) is 14.9. The first-order valence-electron chi connectivity index (χ1n) is 22.3. The summed E-state index contributed by atoms with van der Waals surface area (Å²) in [6, 6.07) is 0. The second-order valence-corrected chi connectivity index (χ2v) is 16.3. The van der Waals surface area contributed by atoms with Crippen LogP contribution >= 0.6 is 7.82 Å². The number of phosphoric ester groups is 1. The van der Waals surface area contributed by atoms with Gasteiger partial charge in [0.05, 0.1) is 25.9 Å². The van der Waals surface area contributed by atoms with Gasteiger partial charge in [-0.05, 0) is 77.0 Å². The lowest BCUT2D eigenvalue weighted by molar-refractivity contribution is -0.161. The van der Waals surface area contributed by atoms with Gasteiger partial charge in [0, 0.05) is 12.8 Å². The van der Waals surface area contributed by atoms with Gasteiger partial charge in [-0.3, -0.25) is 18.6 Å². The summed E-state index contributed by atoms with van der Waals surface area (Å²) in [7, 11) is -4.65. The Balaban J connectivity index is 4.40. The Morgan fingerprint density at radius 1 is 0.552 bits per heavy atom. The van der Waals surface area contributed by atoms with E-state index in [1.807, 2.05) is 18.2 Å². The fraction of sp³-hybridized carbons (Fsp3) is 0.739. The molecule has 0 aliphatic carbocycles. The fourth-order valence-electron chi connectivity index (χ4n) is 5.76. The molecule has 0 heterocycles. The smallest absolute Gasteiger partial charge is 0.462 e. The summed E-state index contributed by atoms with van der Waals surface area (Å²) >= 11 is 0. The number of carbonyl (C=O) groups excluding carboxylic acids is 2. The van der Waals surface area contributed by atoms with Gasteiger partial charge in [0.1, 0.15) is 12.7 Å². The summed E-state index contributed by atoms with van der Waals surface area (Å²) in [5.41, 5.74) is 0. The van der Waals surface area contributed by atoms with Gasteiger partial charge < -0.3 is 29.7 Å². The topological polar surface area (TPSA) is 169 Å². The molecule has 0 aliphatic heterocycles. The number of ether oxygens (including phenoxy) is 2. The van der Waals surface area contributed by atoms with Crippen LogP contribution in [0.1, 0.15) is 174 Å². The molecule has 11 nitrogen and oxygen atoms in total. The van der Waals surface area contributed by atoms with Crippen LogP contribution in [0.25, 0.3) is 0 Å². The van der Waals surface area contributed by atoms with Gasteiger partial charge >= 0.3 is 19.8 Å². The van der Waals surface area contributed by atoms with Gasteiger partial charge in [-0.25, -0.2) is 4.57 Å². The molecule has 0 bridgehead atoms. The highest BCUT2D eigenvalue weighted by Gasteiger charge is 2.27. The molecule has 0 aliphatic rings. The minimum atomic E-state index is -4.65. The molecule has 0 spiro atoms. The van der Waals surface area contributed by atoms with Crippen molar-refractivity contribution in [3.8, 4) is 0 Å². The molecule has 0 saturated heterocycles. The van der Waals surface area contributed by atoms with Crippen LogP contribution in [0.15, 0.2) is 60.8 Å². The molecule has 0 radical (unpaired) electrons. The first kappa shape index (κ1) is 55.6. The van der Waals surface area contributed by atoms with Crippen LogP contribution < -0.4 is 0 Å². The Bertz CT molecular complexity index is 1170. The summed E-state index contributed by atoms with van der Waals surface area (Å²) in [6.07, 6.45) is 42.5. The van der Waals surface area contributed by atoms with Gasteiger partial charge in [0.15, 0.2) is 6.10 Å². The van der Waals surface area contributed by atoms with Gasteiger partial charge in [0.2, 0.25) is 0 Å². The Labute approximate surface area is 351 Å². The van der Waals surface area contributed by atoms with Gasteiger partial charge in [-0.2, -0.15) is 0 Å². The van der Waals surface area contributed by atoms with Crippen LogP contribution in [0, 0.1) is 0 Å². The highest BCUT2D eigenvalue weighted by Crippen LogP contribution is 2.43. The summed E-state index contributed by atoms with van der Waals surface area (Å²) in [5, 5.41) is 28.1. The zero-order valence-electron chi connectivity index (χ0n) is 36.1. The number of hydrogen-bond acceptors (Lipinski definition) is 10. The Morgan fingerprint density at radius 2 is 1.03 bits per heavy atom. The molecule has 12 heteroatoms. The first-order chi connectivity index (χ1) is 28.1. The van der Waals surface area contributed by atoms with Crippen molar-refractivity contribution in [1.82, 2.24) is 0 Å². The van der Waals surface area contributed by atoms with E-state index in [0.29, 0.717) is 25.7 Å². The summed E-state index contributed by atoms with van der Waals surface area (Å²) in [4.78, 5) is 35.0. The van der Waals surface area contributed by atoms with Gasteiger partial charge in [-0.1, -0.05) is 145 Å². The molecule has 0 fully saturated rings. The molecule has 0 rings (SSSR count).